The van der Waals surface area contributed by atoms with Crippen LogP contribution >= 0.6 is 0 Å². The average Bonchev–Trinajstić information content (AvgIpc) is 2.82. The number of hydrogen-bond acceptors (Lipinski definition) is 3. The summed E-state index contributed by atoms with van der Waals surface area (Å²) in [5.74, 6) is -0.268. The van der Waals surface area contributed by atoms with Crippen LogP contribution in [0.15, 0.2) is 30.3 Å². The van der Waals surface area contributed by atoms with Crippen molar-refractivity contribution in [1.82, 2.24) is 15.1 Å². The minimum absolute atomic E-state index is 0.0453. The first-order valence-corrected chi connectivity index (χ1v) is 5.94. The molecule has 2 aromatic rings. The number of aliphatic hydroxyl groups excluding tert-OH is 1. The van der Waals surface area contributed by atoms with Crippen molar-refractivity contribution in [2.45, 2.75) is 12.6 Å². The van der Waals surface area contributed by atoms with Crippen molar-refractivity contribution in [3.63, 3.8) is 0 Å². The maximum Gasteiger partial charge on any atom is 0.123 e. The van der Waals surface area contributed by atoms with E-state index in [0.29, 0.717) is 6.54 Å². The molecule has 18 heavy (non-hydrogen) atoms. The van der Waals surface area contributed by atoms with Crippen LogP contribution in [0.3, 0.4) is 0 Å². The Balaban J connectivity index is 2.02. The lowest BCUT2D eigenvalue weighted by atomic mass is 10.1. The van der Waals surface area contributed by atoms with Gasteiger partial charge in [-0.2, -0.15) is 5.10 Å². The second kappa shape index (κ2) is 4.51. The molecule has 0 saturated heterocycles. The fourth-order valence-corrected chi connectivity index (χ4v) is 2.27. The van der Waals surface area contributed by atoms with Gasteiger partial charge in [0, 0.05) is 18.7 Å². The molecule has 2 heterocycles. The second-order valence-corrected chi connectivity index (χ2v) is 4.44. The van der Waals surface area contributed by atoms with Gasteiger partial charge in [-0.05, 0) is 18.2 Å². The van der Waals surface area contributed by atoms with Crippen molar-refractivity contribution in [3.8, 4) is 11.3 Å². The molecule has 0 saturated carbocycles. The van der Waals surface area contributed by atoms with Gasteiger partial charge < -0.3 is 10.4 Å². The summed E-state index contributed by atoms with van der Waals surface area (Å²) in [4.78, 5) is 0. The van der Waals surface area contributed by atoms with Crippen molar-refractivity contribution < 1.29 is 9.50 Å². The largest absolute Gasteiger partial charge is 0.394 e. The predicted octanol–water partition coefficient (Wildman–Crippen LogP) is 1.33. The van der Waals surface area contributed by atoms with Crippen LogP contribution in [0.4, 0.5) is 4.39 Å². The van der Waals surface area contributed by atoms with Crippen molar-refractivity contribution in [2.75, 3.05) is 13.2 Å². The van der Waals surface area contributed by atoms with E-state index in [9.17, 15) is 9.50 Å². The summed E-state index contributed by atoms with van der Waals surface area (Å²) in [6.45, 7) is 1.47. The Morgan fingerprint density at radius 1 is 1.44 bits per heavy atom. The van der Waals surface area contributed by atoms with Crippen molar-refractivity contribution in [1.29, 1.82) is 0 Å². The Hall–Kier alpha value is -1.72. The molecule has 1 atom stereocenters. The normalized spacial score (nSPS) is 18.7. The van der Waals surface area contributed by atoms with Gasteiger partial charge in [0.25, 0.3) is 0 Å². The Bertz CT molecular complexity index is 567. The Labute approximate surface area is 104 Å². The van der Waals surface area contributed by atoms with Crippen molar-refractivity contribution >= 4 is 0 Å². The standard InChI is InChI=1S/C13H14FN3O/c14-10-3-1-2-9(4-10)13-5-11-6-15-7-12(8-18)17(11)16-13/h1-5,12,15,18H,6-8H2. The van der Waals surface area contributed by atoms with Crippen LogP contribution in [-0.2, 0) is 6.54 Å². The summed E-state index contributed by atoms with van der Waals surface area (Å²) >= 11 is 0. The fraction of sp³-hybridized carbons (Fsp3) is 0.308. The number of aliphatic hydroxyl groups is 1. The zero-order valence-corrected chi connectivity index (χ0v) is 9.81. The number of nitrogens with one attached hydrogen (secondary N) is 1. The summed E-state index contributed by atoms with van der Waals surface area (Å²) in [5, 5.41) is 17.0. The molecule has 1 unspecified atom stereocenters. The summed E-state index contributed by atoms with van der Waals surface area (Å²) in [6, 6.07) is 8.27. The van der Waals surface area contributed by atoms with Crippen LogP contribution in [0.5, 0.6) is 0 Å². The number of fused-ring (bicyclic) bond motifs is 1. The molecule has 0 amide bonds. The lowest BCUT2D eigenvalue weighted by Crippen LogP contribution is -2.35. The van der Waals surface area contributed by atoms with E-state index >= 15 is 0 Å². The van der Waals surface area contributed by atoms with E-state index in [0.717, 1.165) is 23.5 Å². The monoisotopic (exact) mass is 247 g/mol. The summed E-state index contributed by atoms with van der Waals surface area (Å²) in [7, 11) is 0. The van der Waals surface area contributed by atoms with Crippen molar-refractivity contribution in [2.24, 2.45) is 0 Å². The van der Waals surface area contributed by atoms with E-state index in [-0.39, 0.29) is 18.5 Å². The first-order chi connectivity index (χ1) is 8.78. The zero-order chi connectivity index (χ0) is 12.5. The summed E-state index contributed by atoms with van der Waals surface area (Å²) < 4.78 is 15.0. The Morgan fingerprint density at radius 3 is 3.11 bits per heavy atom. The van der Waals surface area contributed by atoms with E-state index in [1.807, 2.05) is 16.8 Å². The maximum atomic E-state index is 13.2. The smallest absolute Gasteiger partial charge is 0.123 e. The number of hydrogen-bond donors (Lipinski definition) is 2. The van der Waals surface area contributed by atoms with E-state index in [4.69, 9.17) is 0 Å². The molecule has 0 fully saturated rings. The number of halogens is 1. The fourth-order valence-electron chi connectivity index (χ4n) is 2.27. The molecule has 0 spiro atoms. The van der Waals surface area contributed by atoms with Gasteiger partial charge in [-0.15, -0.1) is 0 Å². The van der Waals surface area contributed by atoms with E-state index in [1.165, 1.54) is 12.1 Å². The van der Waals surface area contributed by atoms with Gasteiger partial charge in [0.1, 0.15) is 5.82 Å². The Morgan fingerprint density at radius 2 is 2.33 bits per heavy atom. The van der Waals surface area contributed by atoms with Crippen LogP contribution in [0.2, 0.25) is 0 Å². The molecule has 5 heteroatoms. The number of aromatic nitrogens is 2. The van der Waals surface area contributed by atoms with Crippen LogP contribution < -0.4 is 5.32 Å². The first kappa shape index (κ1) is 11.4. The van der Waals surface area contributed by atoms with Crippen molar-refractivity contribution in [3.05, 3.63) is 41.8 Å². The molecule has 0 bridgehead atoms. The maximum absolute atomic E-state index is 13.2. The number of rotatable bonds is 2. The lowest BCUT2D eigenvalue weighted by Gasteiger charge is -2.23. The van der Waals surface area contributed by atoms with Crippen LogP contribution in [0, 0.1) is 5.82 Å². The molecule has 1 aromatic carbocycles. The minimum Gasteiger partial charge on any atom is -0.394 e. The average molecular weight is 247 g/mol. The molecule has 1 aliphatic rings. The third kappa shape index (κ3) is 1.91. The molecular formula is C13H14FN3O. The van der Waals surface area contributed by atoms with Gasteiger partial charge in [0.05, 0.1) is 24.0 Å². The van der Waals surface area contributed by atoms with Gasteiger partial charge in [0.15, 0.2) is 0 Å². The summed E-state index contributed by atoms with van der Waals surface area (Å²) in [5.41, 5.74) is 2.51. The molecule has 0 radical (unpaired) electrons. The van der Waals surface area contributed by atoms with Gasteiger partial charge in [-0.1, -0.05) is 12.1 Å². The van der Waals surface area contributed by atoms with E-state index in [2.05, 4.69) is 10.4 Å². The minimum atomic E-state index is -0.268. The third-order valence-corrected chi connectivity index (χ3v) is 3.18. The van der Waals surface area contributed by atoms with E-state index < -0.39 is 0 Å². The quantitative estimate of drug-likeness (QED) is 0.841. The molecule has 1 aromatic heterocycles. The first-order valence-electron chi connectivity index (χ1n) is 5.94. The van der Waals surface area contributed by atoms with Crippen LogP contribution in [0.25, 0.3) is 11.3 Å². The van der Waals surface area contributed by atoms with Crippen LogP contribution in [-0.4, -0.2) is 28.0 Å². The second-order valence-electron chi connectivity index (χ2n) is 4.44. The SMILES string of the molecule is OCC1CNCc2cc(-c3cccc(F)c3)nn21. The number of nitrogens with zero attached hydrogens (tertiary/aromatic N) is 2. The molecule has 94 valence electrons. The highest BCUT2D eigenvalue weighted by molar-refractivity contribution is 5.59. The van der Waals surface area contributed by atoms with Gasteiger partial charge in [-0.25, -0.2) is 4.39 Å². The highest BCUT2D eigenvalue weighted by Gasteiger charge is 2.21. The molecular weight excluding hydrogens is 233 g/mol. The molecule has 4 nitrogen and oxygen atoms in total. The third-order valence-electron chi connectivity index (χ3n) is 3.18. The Kier molecular flexibility index (Phi) is 2.85. The van der Waals surface area contributed by atoms with Crippen LogP contribution in [0.1, 0.15) is 11.7 Å². The highest BCUT2D eigenvalue weighted by Crippen LogP contribution is 2.23. The zero-order valence-electron chi connectivity index (χ0n) is 9.81. The molecule has 3 rings (SSSR count). The summed E-state index contributed by atoms with van der Waals surface area (Å²) in [6.07, 6.45) is 0. The molecule has 1 aliphatic heterocycles. The lowest BCUT2D eigenvalue weighted by molar-refractivity contribution is 0.200. The number of benzene rings is 1. The van der Waals surface area contributed by atoms with Gasteiger partial charge in [-0.3, -0.25) is 4.68 Å². The predicted molar refractivity (Wildman–Crippen MR) is 65.5 cm³/mol. The molecule has 2 N–H and O–H groups in total. The topological polar surface area (TPSA) is 50.1 Å². The van der Waals surface area contributed by atoms with E-state index in [1.54, 1.807) is 6.07 Å². The van der Waals surface area contributed by atoms with Gasteiger partial charge in [0.2, 0.25) is 0 Å². The highest BCUT2D eigenvalue weighted by atomic mass is 19.1. The van der Waals surface area contributed by atoms with Gasteiger partial charge >= 0.3 is 0 Å². The molecule has 0 aliphatic carbocycles.